The Hall–Kier alpha value is -2.49. The second kappa shape index (κ2) is 7.81. The third-order valence-corrected chi connectivity index (χ3v) is 5.37. The van der Waals surface area contributed by atoms with Crippen molar-refractivity contribution in [2.45, 2.75) is 46.3 Å². The van der Waals surface area contributed by atoms with Crippen molar-refractivity contribution in [3.8, 4) is 0 Å². The van der Waals surface area contributed by atoms with Gasteiger partial charge >= 0.3 is 0 Å². The van der Waals surface area contributed by atoms with Crippen LogP contribution in [-0.2, 0) is 0 Å². The number of hydrogen-bond acceptors (Lipinski definition) is 3. The Morgan fingerprint density at radius 3 is 2.31 bits per heavy atom. The molecule has 0 saturated carbocycles. The van der Waals surface area contributed by atoms with Gasteiger partial charge in [0.25, 0.3) is 5.91 Å². The van der Waals surface area contributed by atoms with Crippen molar-refractivity contribution in [1.29, 1.82) is 0 Å². The number of amides is 1. The molecule has 4 heteroatoms. The summed E-state index contributed by atoms with van der Waals surface area (Å²) in [6.07, 6.45) is 0.780. The van der Waals surface area contributed by atoms with Crippen LogP contribution in [0.25, 0.3) is 0 Å². The van der Waals surface area contributed by atoms with E-state index in [1.807, 2.05) is 29.2 Å². The van der Waals surface area contributed by atoms with Gasteiger partial charge in [-0.25, -0.2) is 0 Å². The van der Waals surface area contributed by atoms with Gasteiger partial charge in [0.1, 0.15) is 6.17 Å². The molecule has 0 aliphatic carbocycles. The van der Waals surface area contributed by atoms with E-state index in [9.17, 15) is 4.79 Å². The van der Waals surface area contributed by atoms with Gasteiger partial charge in [0.15, 0.2) is 0 Å². The second-order valence-electron chi connectivity index (χ2n) is 6.83. The molecule has 1 amide bonds. The van der Waals surface area contributed by atoms with Gasteiger partial charge in [-0.3, -0.25) is 4.79 Å². The molecule has 0 bridgehead atoms. The number of nitrogens with one attached hydrogen (secondary N) is 1. The average Bonchev–Trinajstić information content (AvgIpc) is 2.69. The first kappa shape index (κ1) is 18.3. The largest absolute Gasteiger partial charge is 0.372 e. The molecule has 1 aliphatic rings. The van der Waals surface area contributed by atoms with E-state index in [0.29, 0.717) is 0 Å². The minimum atomic E-state index is -0.141. The van der Waals surface area contributed by atoms with E-state index in [2.05, 4.69) is 62.2 Å². The fraction of sp³-hybridized carbons (Fsp3) is 0.409. The summed E-state index contributed by atoms with van der Waals surface area (Å²) in [6.45, 7) is 10.6. The summed E-state index contributed by atoms with van der Waals surface area (Å²) in [5.41, 5.74) is 4.00. The molecule has 3 rings (SSSR count). The van der Waals surface area contributed by atoms with Crippen LogP contribution in [0, 0.1) is 0 Å². The van der Waals surface area contributed by atoms with Crippen LogP contribution >= 0.6 is 0 Å². The number of anilines is 2. The lowest BCUT2D eigenvalue weighted by atomic mass is 10.0. The molecule has 0 aromatic heterocycles. The summed E-state index contributed by atoms with van der Waals surface area (Å²) in [7, 11) is 0. The van der Waals surface area contributed by atoms with Gasteiger partial charge in [0, 0.05) is 30.5 Å². The fourth-order valence-electron chi connectivity index (χ4n) is 3.62. The monoisotopic (exact) mass is 351 g/mol. The number of nitrogens with zero attached hydrogens (tertiary/aromatic N) is 2. The molecule has 2 unspecified atom stereocenters. The molecular weight excluding hydrogens is 322 g/mol. The van der Waals surface area contributed by atoms with E-state index in [4.69, 9.17) is 0 Å². The van der Waals surface area contributed by atoms with E-state index < -0.39 is 0 Å². The molecule has 26 heavy (non-hydrogen) atoms. The molecule has 2 atom stereocenters. The summed E-state index contributed by atoms with van der Waals surface area (Å²) >= 11 is 0. The van der Waals surface area contributed by atoms with Crippen molar-refractivity contribution in [2.75, 3.05) is 23.3 Å². The Labute approximate surface area is 156 Å². The Balaban J connectivity index is 1.97. The van der Waals surface area contributed by atoms with E-state index in [-0.39, 0.29) is 18.1 Å². The third kappa shape index (κ3) is 3.28. The molecule has 138 valence electrons. The van der Waals surface area contributed by atoms with Gasteiger partial charge in [-0.1, -0.05) is 31.2 Å². The number of para-hydroxylation sites is 1. The van der Waals surface area contributed by atoms with Crippen molar-refractivity contribution in [3.05, 3.63) is 59.7 Å². The van der Waals surface area contributed by atoms with Crippen LogP contribution in [0.4, 0.5) is 11.4 Å². The van der Waals surface area contributed by atoms with Crippen molar-refractivity contribution in [1.82, 2.24) is 4.90 Å². The minimum Gasteiger partial charge on any atom is -0.372 e. The topological polar surface area (TPSA) is 35.6 Å². The molecule has 2 aromatic rings. The highest BCUT2D eigenvalue weighted by Gasteiger charge is 2.35. The number of carbonyl (C=O) groups is 1. The normalized spacial score (nSPS) is 17.5. The molecule has 1 heterocycles. The summed E-state index contributed by atoms with van der Waals surface area (Å²) in [5, 5.41) is 3.58. The quantitative estimate of drug-likeness (QED) is 0.804. The van der Waals surface area contributed by atoms with Crippen molar-refractivity contribution in [3.63, 3.8) is 0 Å². The van der Waals surface area contributed by atoms with Gasteiger partial charge in [-0.2, -0.15) is 0 Å². The first-order chi connectivity index (χ1) is 12.6. The molecular formula is C22H29N3O. The molecule has 4 nitrogen and oxygen atoms in total. The highest BCUT2D eigenvalue weighted by molar-refractivity contribution is 6.01. The third-order valence-electron chi connectivity index (χ3n) is 5.37. The molecule has 0 radical (unpaired) electrons. The van der Waals surface area contributed by atoms with E-state index in [0.717, 1.165) is 36.3 Å². The average molecular weight is 351 g/mol. The first-order valence-electron chi connectivity index (χ1n) is 9.63. The Kier molecular flexibility index (Phi) is 5.50. The standard InChI is InChI=1S/C22H29N3O/c1-5-16(4)25-21(23-20-11-9-8-10-19(20)22(25)26)17-12-14-18(15-13-17)24(6-2)7-3/h8-16,21,23H,5-7H2,1-4H3. The second-order valence-corrected chi connectivity index (χ2v) is 6.83. The van der Waals surface area contributed by atoms with Crippen molar-refractivity contribution in [2.24, 2.45) is 0 Å². The van der Waals surface area contributed by atoms with Crippen molar-refractivity contribution >= 4 is 17.3 Å². The van der Waals surface area contributed by atoms with Crippen molar-refractivity contribution < 1.29 is 4.79 Å². The van der Waals surface area contributed by atoms with Gasteiger partial charge in [-0.15, -0.1) is 0 Å². The number of fused-ring (bicyclic) bond motifs is 1. The van der Waals surface area contributed by atoms with Gasteiger partial charge < -0.3 is 15.1 Å². The molecule has 0 fully saturated rings. The highest BCUT2D eigenvalue weighted by atomic mass is 16.2. The molecule has 0 spiro atoms. The Bertz CT molecular complexity index is 752. The maximum atomic E-state index is 13.1. The molecule has 1 N–H and O–H groups in total. The SMILES string of the molecule is CCC(C)N1C(=O)c2ccccc2NC1c1ccc(N(CC)CC)cc1. The summed E-state index contributed by atoms with van der Waals surface area (Å²) < 4.78 is 0. The van der Waals surface area contributed by atoms with Crippen LogP contribution in [0.3, 0.4) is 0 Å². The maximum Gasteiger partial charge on any atom is 0.258 e. The lowest BCUT2D eigenvalue weighted by molar-refractivity contribution is 0.0593. The summed E-state index contributed by atoms with van der Waals surface area (Å²) in [4.78, 5) is 17.5. The van der Waals surface area contributed by atoms with Crippen LogP contribution in [-0.4, -0.2) is 29.9 Å². The number of carbonyl (C=O) groups excluding carboxylic acids is 1. The minimum absolute atomic E-state index is 0.103. The fourth-order valence-corrected chi connectivity index (χ4v) is 3.62. The smallest absolute Gasteiger partial charge is 0.258 e. The Morgan fingerprint density at radius 1 is 1.04 bits per heavy atom. The van der Waals surface area contributed by atoms with E-state index in [1.54, 1.807) is 0 Å². The summed E-state index contributed by atoms with van der Waals surface area (Å²) in [6, 6.07) is 16.5. The summed E-state index contributed by atoms with van der Waals surface area (Å²) in [5.74, 6) is 0.103. The number of hydrogen-bond donors (Lipinski definition) is 1. The zero-order valence-electron chi connectivity index (χ0n) is 16.2. The van der Waals surface area contributed by atoms with Crippen LogP contribution in [0.5, 0.6) is 0 Å². The zero-order chi connectivity index (χ0) is 18.7. The van der Waals surface area contributed by atoms with Crippen LogP contribution in [0.1, 0.15) is 56.2 Å². The highest BCUT2D eigenvalue weighted by Crippen LogP contribution is 2.35. The first-order valence-corrected chi connectivity index (χ1v) is 9.63. The number of benzene rings is 2. The van der Waals surface area contributed by atoms with Gasteiger partial charge in [0.2, 0.25) is 0 Å². The lowest BCUT2D eigenvalue weighted by Crippen LogP contribution is -2.47. The van der Waals surface area contributed by atoms with Gasteiger partial charge in [0.05, 0.1) is 5.56 Å². The van der Waals surface area contributed by atoms with Crippen LogP contribution in [0.15, 0.2) is 48.5 Å². The lowest BCUT2D eigenvalue weighted by Gasteiger charge is -2.41. The van der Waals surface area contributed by atoms with Gasteiger partial charge in [-0.05, 0) is 57.0 Å². The number of rotatable bonds is 6. The molecule has 1 aliphatic heterocycles. The molecule has 0 saturated heterocycles. The maximum absolute atomic E-state index is 13.1. The van der Waals surface area contributed by atoms with Crippen LogP contribution in [0.2, 0.25) is 0 Å². The Morgan fingerprint density at radius 2 is 1.69 bits per heavy atom. The predicted octanol–water partition coefficient (Wildman–Crippen LogP) is 4.90. The van der Waals surface area contributed by atoms with E-state index >= 15 is 0 Å². The van der Waals surface area contributed by atoms with E-state index in [1.165, 1.54) is 5.69 Å². The predicted molar refractivity (Wildman–Crippen MR) is 109 cm³/mol. The van der Waals surface area contributed by atoms with Crippen LogP contribution < -0.4 is 10.2 Å². The molecule has 2 aromatic carbocycles. The zero-order valence-corrected chi connectivity index (χ0v) is 16.2.